The molecule has 1 aromatic rings. The summed E-state index contributed by atoms with van der Waals surface area (Å²) in [6, 6.07) is 0. The summed E-state index contributed by atoms with van der Waals surface area (Å²) in [5.41, 5.74) is -0.519. The van der Waals surface area contributed by atoms with E-state index in [0.29, 0.717) is 19.8 Å². The third-order valence-corrected chi connectivity index (χ3v) is 4.71. The van der Waals surface area contributed by atoms with Gasteiger partial charge in [-0.25, -0.2) is 8.42 Å². The molecule has 0 aromatic carbocycles. The summed E-state index contributed by atoms with van der Waals surface area (Å²) < 4.78 is 31.3. The lowest BCUT2D eigenvalue weighted by atomic mass is 10.1. The first-order valence-electron chi connectivity index (χ1n) is 5.04. The van der Waals surface area contributed by atoms with E-state index in [9.17, 15) is 8.42 Å². The highest BCUT2D eigenvalue weighted by molar-refractivity contribution is 7.89. The molecule has 16 heavy (non-hydrogen) atoms. The molecule has 0 radical (unpaired) electrons. The average molecular weight is 245 g/mol. The van der Waals surface area contributed by atoms with E-state index in [-0.39, 0.29) is 4.90 Å². The van der Waals surface area contributed by atoms with Gasteiger partial charge in [0, 0.05) is 12.7 Å². The zero-order chi connectivity index (χ0) is 11.8. The van der Waals surface area contributed by atoms with Crippen molar-refractivity contribution in [2.75, 3.05) is 19.8 Å². The highest BCUT2D eigenvalue weighted by Crippen LogP contribution is 2.26. The molecule has 2 heterocycles. The van der Waals surface area contributed by atoms with Gasteiger partial charge in [0.25, 0.3) is 0 Å². The van der Waals surface area contributed by atoms with Gasteiger partial charge in [-0.2, -0.15) is 9.40 Å². The molecule has 0 saturated carbocycles. The number of morpholine rings is 1. The SMILES string of the molecule is CC1(C)COCCN1S(=O)(=O)c1cn[nH]c1. The normalized spacial score (nSPS) is 22.1. The minimum Gasteiger partial charge on any atom is -0.378 e. The van der Waals surface area contributed by atoms with E-state index < -0.39 is 15.6 Å². The molecule has 7 heteroatoms. The van der Waals surface area contributed by atoms with Gasteiger partial charge in [-0.15, -0.1) is 0 Å². The fourth-order valence-electron chi connectivity index (χ4n) is 1.80. The third-order valence-electron chi connectivity index (χ3n) is 2.63. The molecule has 0 bridgehead atoms. The summed E-state index contributed by atoms with van der Waals surface area (Å²) in [7, 11) is -3.47. The maximum Gasteiger partial charge on any atom is 0.246 e. The summed E-state index contributed by atoms with van der Waals surface area (Å²) >= 11 is 0. The van der Waals surface area contributed by atoms with Crippen LogP contribution >= 0.6 is 0 Å². The standard InChI is InChI=1S/C9H15N3O3S/c1-9(2)7-15-4-3-12(9)16(13,14)8-5-10-11-6-8/h5-6H,3-4,7H2,1-2H3,(H,10,11). The van der Waals surface area contributed by atoms with Crippen molar-refractivity contribution in [3.05, 3.63) is 12.4 Å². The van der Waals surface area contributed by atoms with Crippen molar-refractivity contribution in [3.63, 3.8) is 0 Å². The molecule has 1 aliphatic rings. The number of hydrogen-bond acceptors (Lipinski definition) is 4. The first-order valence-corrected chi connectivity index (χ1v) is 6.48. The minimum atomic E-state index is -3.47. The van der Waals surface area contributed by atoms with Crippen molar-refractivity contribution in [2.24, 2.45) is 0 Å². The van der Waals surface area contributed by atoms with Crippen LogP contribution in [0.15, 0.2) is 17.3 Å². The fraction of sp³-hybridized carbons (Fsp3) is 0.667. The Morgan fingerprint density at radius 2 is 2.31 bits per heavy atom. The molecule has 0 amide bonds. The van der Waals surface area contributed by atoms with Crippen LogP contribution in [0.25, 0.3) is 0 Å². The van der Waals surface area contributed by atoms with Crippen LogP contribution in [0.2, 0.25) is 0 Å². The van der Waals surface area contributed by atoms with E-state index in [0.717, 1.165) is 0 Å². The second-order valence-electron chi connectivity index (χ2n) is 4.38. The van der Waals surface area contributed by atoms with Crippen molar-refractivity contribution in [1.29, 1.82) is 0 Å². The molecule has 1 saturated heterocycles. The zero-order valence-electron chi connectivity index (χ0n) is 9.30. The monoisotopic (exact) mass is 245 g/mol. The first kappa shape index (κ1) is 11.6. The Bertz CT molecular complexity index is 452. The number of ether oxygens (including phenoxy) is 1. The van der Waals surface area contributed by atoms with Crippen LogP contribution in [0.3, 0.4) is 0 Å². The molecule has 6 nitrogen and oxygen atoms in total. The van der Waals surface area contributed by atoms with Crippen molar-refractivity contribution in [1.82, 2.24) is 14.5 Å². The molecular formula is C9H15N3O3S. The number of hydrogen-bond donors (Lipinski definition) is 1. The molecule has 0 aliphatic carbocycles. The van der Waals surface area contributed by atoms with Crippen LogP contribution in [0.4, 0.5) is 0 Å². The second-order valence-corrected chi connectivity index (χ2v) is 6.24. The average Bonchev–Trinajstić information content (AvgIpc) is 2.69. The van der Waals surface area contributed by atoms with Gasteiger partial charge in [-0.05, 0) is 13.8 Å². The van der Waals surface area contributed by atoms with Gasteiger partial charge in [0.1, 0.15) is 4.90 Å². The lowest BCUT2D eigenvalue weighted by Gasteiger charge is -2.40. The van der Waals surface area contributed by atoms with Crippen LogP contribution < -0.4 is 0 Å². The van der Waals surface area contributed by atoms with E-state index in [1.165, 1.54) is 16.7 Å². The Labute approximate surface area is 94.6 Å². The number of aromatic amines is 1. The number of aromatic nitrogens is 2. The summed E-state index contributed by atoms with van der Waals surface area (Å²) in [6.07, 6.45) is 2.71. The quantitative estimate of drug-likeness (QED) is 0.808. The smallest absolute Gasteiger partial charge is 0.246 e. The Morgan fingerprint density at radius 3 is 2.88 bits per heavy atom. The van der Waals surface area contributed by atoms with Crippen molar-refractivity contribution in [2.45, 2.75) is 24.3 Å². The number of rotatable bonds is 2. The van der Waals surface area contributed by atoms with E-state index in [4.69, 9.17) is 4.74 Å². The highest BCUT2D eigenvalue weighted by atomic mass is 32.2. The molecule has 0 spiro atoms. The largest absolute Gasteiger partial charge is 0.378 e. The molecule has 1 fully saturated rings. The molecule has 0 atom stereocenters. The van der Waals surface area contributed by atoms with E-state index in [2.05, 4.69) is 10.2 Å². The highest BCUT2D eigenvalue weighted by Gasteiger charge is 2.39. The summed E-state index contributed by atoms with van der Waals surface area (Å²) in [5, 5.41) is 6.18. The topological polar surface area (TPSA) is 75.3 Å². The number of nitrogens with zero attached hydrogens (tertiary/aromatic N) is 2. The van der Waals surface area contributed by atoms with Crippen LogP contribution in [-0.2, 0) is 14.8 Å². The van der Waals surface area contributed by atoms with Gasteiger partial charge in [-0.1, -0.05) is 0 Å². The first-order chi connectivity index (χ1) is 7.44. The van der Waals surface area contributed by atoms with E-state index in [1.54, 1.807) is 0 Å². The molecule has 0 unspecified atom stereocenters. The van der Waals surface area contributed by atoms with E-state index in [1.807, 2.05) is 13.8 Å². The maximum absolute atomic E-state index is 12.3. The van der Waals surface area contributed by atoms with Gasteiger partial charge in [0.2, 0.25) is 10.0 Å². The maximum atomic E-state index is 12.3. The fourth-order valence-corrected chi connectivity index (χ4v) is 3.46. The molecule has 1 aromatic heterocycles. The Kier molecular flexibility index (Phi) is 2.77. The van der Waals surface area contributed by atoms with Gasteiger partial charge >= 0.3 is 0 Å². The Balaban J connectivity index is 2.37. The van der Waals surface area contributed by atoms with Gasteiger partial charge in [-0.3, -0.25) is 5.10 Å². The lowest BCUT2D eigenvalue weighted by Crippen LogP contribution is -2.55. The summed E-state index contributed by atoms with van der Waals surface area (Å²) in [4.78, 5) is 0.197. The predicted octanol–water partition coefficient (Wildman–Crippen LogP) is 0.209. The van der Waals surface area contributed by atoms with Crippen molar-refractivity contribution in [3.8, 4) is 0 Å². The summed E-state index contributed by atoms with van der Waals surface area (Å²) in [6.45, 7) is 4.92. The van der Waals surface area contributed by atoms with Crippen molar-refractivity contribution < 1.29 is 13.2 Å². The molecule has 1 aliphatic heterocycles. The Hall–Kier alpha value is -0.920. The zero-order valence-corrected chi connectivity index (χ0v) is 10.1. The minimum absolute atomic E-state index is 0.197. The molecule has 2 rings (SSSR count). The summed E-state index contributed by atoms with van der Waals surface area (Å²) in [5.74, 6) is 0. The molecule has 90 valence electrons. The number of nitrogens with one attached hydrogen (secondary N) is 1. The third kappa shape index (κ3) is 1.85. The number of H-pyrrole nitrogens is 1. The number of sulfonamides is 1. The van der Waals surface area contributed by atoms with Crippen LogP contribution in [0.5, 0.6) is 0 Å². The van der Waals surface area contributed by atoms with E-state index >= 15 is 0 Å². The second kappa shape index (κ2) is 3.83. The van der Waals surface area contributed by atoms with Crippen LogP contribution in [0.1, 0.15) is 13.8 Å². The predicted molar refractivity (Wildman–Crippen MR) is 57.4 cm³/mol. The van der Waals surface area contributed by atoms with Gasteiger partial charge < -0.3 is 4.74 Å². The molecule has 1 N–H and O–H groups in total. The van der Waals surface area contributed by atoms with Crippen LogP contribution in [-0.4, -0.2) is 48.2 Å². The van der Waals surface area contributed by atoms with Crippen molar-refractivity contribution >= 4 is 10.0 Å². The van der Waals surface area contributed by atoms with Gasteiger partial charge in [0.05, 0.1) is 24.9 Å². The lowest BCUT2D eigenvalue weighted by molar-refractivity contribution is -0.00770. The Morgan fingerprint density at radius 1 is 1.56 bits per heavy atom. The molecular weight excluding hydrogens is 230 g/mol. The van der Waals surface area contributed by atoms with Gasteiger partial charge in [0.15, 0.2) is 0 Å². The van der Waals surface area contributed by atoms with Crippen LogP contribution in [0, 0.1) is 0 Å².